The molecular weight excluding hydrogens is 600 g/mol. The third-order valence-corrected chi connectivity index (χ3v) is 14.4. The van der Waals surface area contributed by atoms with Gasteiger partial charge in [-0.25, -0.2) is 0 Å². The highest BCUT2D eigenvalue weighted by molar-refractivity contribution is 5.21. The maximum Gasteiger partial charge on any atom is 0.186 e. The normalized spacial score (nSPS) is 57.3. The largest absolute Gasteiger partial charge is 0.394 e. The fourth-order valence-corrected chi connectivity index (χ4v) is 11.6. The summed E-state index contributed by atoms with van der Waals surface area (Å²) in [6.45, 7) is 8.29. The summed E-state index contributed by atoms with van der Waals surface area (Å²) in [6.07, 6.45) is -4.66. The number of aliphatic hydroxyl groups excluding tert-OH is 7. The van der Waals surface area contributed by atoms with E-state index in [9.17, 15) is 40.9 Å². The van der Waals surface area contributed by atoms with Gasteiger partial charge >= 0.3 is 0 Å². The van der Waals surface area contributed by atoms with Crippen molar-refractivity contribution in [1.29, 1.82) is 0 Å². The molecule has 0 spiro atoms. The minimum atomic E-state index is -1.52. The summed E-state index contributed by atoms with van der Waals surface area (Å²) < 4.78 is 24.4. The summed E-state index contributed by atoms with van der Waals surface area (Å²) >= 11 is 0. The van der Waals surface area contributed by atoms with Crippen LogP contribution in [0.1, 0.15) is 79.1 Å². The number of fused-ring (bicyclic) bond motifs is 7. The number of methoxy groups -OCH3 is 1. The molecule has 0 unspecified atom stereocenters. The van der Waals surface area contributed by atoms with Crippen LogP contribution >= 0.6 is 0 Å². The molecule has 0 bridgehead atoms. The number of hydrogen-bond donors (Lipinski definition) is 8. The predicted octanol–water partition coefficient (Wildman–Crippen LogP) is 0.283. The molecule has 4 saturated carbocycles. The van der Waals surface area contributed by atoms with Crippen molar-refractivity contribution >= 4 is 0 Å². The summed E-state index contributed by atoms with van der Waals surface area (Å²) in [5.74, 6) is 0.313. The van der Waals surface area contributed by atoms with Crippen LogP contribution < -0.4 is 0 Å². The molecular formula is C34H58O12. The van der Waals surface area contributed by atoms with E-state index >= 15 is 0 Å². The zero-order valence-corrected chi connectivity index (χ0v) is 27.9. The van der Waals surface area contributed by atoms with E-state index in [2.05, 4.69) is 13.8 Å². The number of aliphatic hydroxyl groups is 8. The smallest absolute Gasteiger partial charge is 0.186 e. The van der Waals surface area contributed by atoms with Crippen molar-refractivity contribution in [2.24, 2.45) is 46.3 Å². The lowest BCUT2D eigenvalue weighted by Gasteiger charge is -2.66. The molecule has 4 aliphatic carbocycles. The van der Waals surface area contributed by atoms with Gasteiger partial charge < -0.3 is 59.8 Å². The van der Waals surface area contributed by atoms with Gasteiger partial charge in [-0.1, -0.05) is 27.7 Å². The standard InChI is InChI=1S/C34H58O12/c1-16(15-44-30-28(40)27(39)26(38)23(14-35)45-30)6-11-34(43-5)17(2)25-22(46-34)12-20-18-7-10-33(42)29(41)21(36)13-24(37)32(33,4)19(18)8-9-31(20,25)3/h16-30,35-42H,6-15H2,1-5H3/t16-,17-,18+,19-,20-,21-,22-,23+,24+,25-,26+,27-,28+,29-,30+,31-,32-,33-,34+/m0/s1. The fourth-order valence-electron chi connectivity index (χ4n) is 11.6. The Morgan fingerprint density at radius 1 is 0.935 bits per heavy atom. The molecule has 0 aromatic rings. The third kappa shape index (κ3) is 4.99. The van der Waals surface area contributed by atoms with Crippen LogP contribution in [-0.4, -0.2) is 128 Å². The van der Waals surface area contributed by atoms with Crippen LogP contribution in [0.4, 0.5) is 0 Å². The Hall–Kier alpha value is -0.480. The van der Waals surface area contributed by atoms with Crippen molar-refractivity contribution in [2.45, 2.75) is 146 Å². The monoisotopic (exact) mass is 658 g/mol. The van der Waals surface area contributed by atoms with E-state index in [1.807, 2.05) is 13.8 Å². The average Bonchev–Trinajstić information content (AvgIpc) is 3.49. The Labute approximate surface area is 272 Å². The summed E-state index contributed by atoms with van der Waals surface area (Å²) in [7, 11) is 1.70. The molecule has 0 aromatic carbocycles. The molecule has 19 atom stereocenters. The quantitative estimate of drug-likeness (QED) is 0.178. The van der Waals surface area contributed by atoms with Crippen molar-refractivity contribution in [3.05, 3.63) is 0 Å². The van der Waals surface area contributed by atoms with Crippen LogP contribution in [-0.2, 0) is 18.9 Å². The van der Waals surface area contributed by atoms with Gasteiger partial charge in [-0.2, -0.15) is 0 Å². The molecule has 2 heterocycles. The van der Waals surface area contributed by atoms with Gasteiger partial charge in [0, 0.05) is 31.3 Å². The van der Waals surface area contributed by atoms with E-state index < -0.39 is 72.4 Å². The van der Waals surface area contributed by atoms with Crippen molar-refractivity contribution in [1.82, 2.24) is 0 Å². The Morgan fingerprint density at radius 3 is 2.33 bits per heavy atom. The lowest BCUT2D eigenvalue weighted by atomic mass is 9.41. The minimum absolute atomic E-state index is 0.00701. The van der Waals surface area contributed by atoms with E-state index in [4.69, 9.17) is 18.9 Å². The van der Waals surface area contributed by atoms with Gasteiger partial charge in [0.25, 0.3) is 0 Å². The first kappa shape index (κ1) is 35.3. The van der Waals surface area contributed by atoms with Gasteiger partial charge in [-0.05, 0) is 73.5 Å². The van der Waals surface area contributed by atoms with Crippen LogP contribution in [0.15, 0.2) is 0 Å². The summed E-state index contributed by atoms with van der Waals surface area (Å²) in [6, 6.07) is 0. The molecule has 12 nitrogen and oxygen atoms in total. The summed E-state index contributed by atoms with van der Waals surface area (Å²) in [4.78, 5) is 0. The third-order valence-electron chi connectivity index (χ3n) is 14.4. The fraction of sp³-hybridized carbons (Fsp3) is 1.00. The van der Waals surface area contributed by atoms with Crippen molar-refractivity contribution in [3.63, 3.8) is 0 Å². The van der Waals surface area contributed by atoms with Crippen LogP contribution in [0, 0.1) is 46.3 Å². The predicted molar refractivity (Wildman–Crippen MR) is 163 cm³/mol. The zero-order chi connectivity index (χ0) is 33.6. The molecule has 12 heteroatoms. The Kier molecular flexibility index (Phi) is 9.52. The highest BCUT2D eigenvalue weighted by Crippen LogP contribution is 2.71. The first-order valence-corrected chi connectivity index (χ1v) is 17.5. The summed E-state index contributed by atoms with van der Waals surface area (Å²) in [5, 5.41) is 84.4. The first-order valence-electron chi connectivity index (χ1n) is 17.5. The molecule has 6 rings (SSSR count). The molecule has 46 heavy (non-hydrogen) atoms. The van der Waals surface area contributed by atoms with Crippen molar-refractivity contribution < 1.29 is 59.8 Å². The van der Waals surface area contributed by atoms with Crippen molar-refractivity contribution in [3.8, 4) is 0 Å². The van der Waals surface area contributed by atoms with E-state index in [1.165, 1.54) is 0 Å². The molecule has 6 fully saturated rings. The van der Waals surface area contributed by atoms with Crippen LogP contribution in [0.5, 0.6) is 0 Å². The number of ether oxygens (including phenoxy) is 4. The number of hydrogen-bond acceptors (Lipinski definition) is 12. The van der Waals surface area contributed by atoms with Crippen LogP contribution in [0.3, 0.4) is 0 Å². The van der Waals surface area contributed by atoms with Gasteiger partial charge in [0.1, 0.15) is 36.1 Å². The summed E-state index contributed by atoms with van der Waals surface area (Å²) in [5.41, 5.74) is -2.43. The topological polar surface area (TPSA) is 199 Å². The van der Waals surface area contributed by atoms with E-state index in [1.54, 1.807) is 7.11 Å². The first-order chi connectivity index (χ1) is 21.6. The van der Waals surface area contributed by atoms with Gasteiger partial charge in [0.2, 0.25) is 0 Å². The van der Waals surface area contributed by atoms with E-state index in [0.717, 1.165) is 25.7 Å². The van der Waals surface area contributed by atoms with E-state index in [0.29, 0.717) is 25.2 Å². The van der Waals surface area contributed by atoms with Gasteiger partial charge in [0.15, 0.2) is 12.1 Å². The second-order valence-electron chi connectivity index (χ2n) is 16.3. The molecule has 2 saturated heterocycles. The van der Waals surface area contributed by atoms with E-state index in [-0.39, 0.29) is 54.1 Å². The van der Waals surface area contributed by atoms with Crippen LogP contribution in [0.25, 0.3) is 0 Å². The molecule has 6 aliphatic rings. The Bertz CT molecular complexity index is 1090. The number of rotatable bonds is 8. The molecule has 2 aliphatic heterocycles. The maximum absolute atomic E-state index is 11.8. The zero-order valence-electron chi connectivity index (χ0n) is 27.9. The highest BCUT2D eigenvalue weighted by Gasteiger charge is 2.73. The second kappa shape index (κ2) is 12.4. The molecule has 8 N–H and O–H groups in total. The van der Waals surface area contributed by atoms with Crippen molar-refractivity contribution in [2.75, 3.05) is 20.3 Å². The van der Waals surface area contributed by atoms with Gasteiger partial charge in [-0.3, -0.25) is 0 Å². The SMILES string of the molecule is CO[C@]1(CC[C@H](C)CO[C@@H]2O[C@H](CO)[C@@H](O)[C@H](O)[C@H]2O)O[C@H]2C[C@H]3[C@@H]4CC[C@]5(O)[C@@H](O)[C@@H](O)C[C@@H](O)[C@]5(C)[C@H]4CC[C@]3(C)[C@H]2[C@@H]1C. The lowest BCUT2D eigenvalue weighted by Crippen LogP contribution is -2.73. The molecule has 0 radical (unpaired) electrons. The average molecular weight is 659 g/mol. The molecule has 266 valence electrons. The maximum atomic E-state index is 11.8. The second-order valence-corrected chi connectivity index (χ2v) is 16.3. The lowest BCUT2D eigenvalue weighted by molar-refractivity contribution is -0.303. The Balaban J connectivity index is 1.11. The van der Waals surface area contributed by atoms with Gasteiger partial charge in [0.05, 0.1) is 31.5 Å². The highest BCUT2D eigenvalue weighted by atomic mass is 16.7. The molecule has 0 aromatic heterocycles. The minimum Gasteiger partial charge on any atom is -0.394 e. The Morgan fingerprint density at radius 2 is 1.65 bits per heavy atom. The molecule has 0 amide bonds. The van der Waals surface area contributed by atoms with Crippen LogP contribution in [0.2, 0.25) is 0 Å². The van der Waals surface area contributed by atoms with Gasteiger partial charge in [-0.15, -0.1) is 0 Å².